The molecule has 0 unspecified atom stereocenters. The molecule has 0 radical (unpaired) electrons. The molecular weight excluding hydrogens is 438 g/mol. The standard InChI is InChI=1S/C29H39N3O3/c1-3-35-29(34)27-28(33)32(26-10-5-4-9-25(26)30-27)24-16-21-7-6-8-22(17-24)31(21)23-14-19-12-11-18(2)20(13-19)15-23/h4-5,9-10,18-24H,3,6-8,11-17H2,1-2H3/t18-,19-,20+,21-,22+,23+,24+/m1/s1. The highest BCUT2D eigenvalue weighted by molar-refractivity contribution is 5.89. The summed E-state index contributed by atoms with van der Waals surface area (Å²) >= 11 is 0. The van der Waals surface area contributed by atoms with Gasteiger partial charge in [0.2, 0.25) is 5.69 Å². The summed E-state index contributed by atoms with van der Waals surface area (Å²) in [5, 5.41) is 0. The fourth-order valence-corrected chi connectivity index (χ4v) is 8.17. The first-order chi connectivity index (χ1) is 17.0. The van der Waals surface area contributed by atoms with Gasteiger partial charge in [0.05, 0.1) is 17.6 Å². The maximum Gasteiger partial charge on any atom is 0.362 e. The maximum atomic E-state index is 13.7. The summed E-state index contributed by atoms with van der Waals surface area (Å²) < 4.78 is 7.09. The minimum atomic E-state index is -0.613. The highest BCUT2D eigenvalue weighted by atomic mass is 16.5. The number of carbonyl (C=O) groups excluding carboxylic acids is 1. The summed E-state index contributed by atoms with van der Waals surface area (Å²) in [6, 6.07) is 9.60. The molecule has 2 aliphatic carbocycles. The van der Waals surface area contributed by atoms with Crippen LogP contribution in [0.5, 0.6) is 0 Å². The molecule has 35 heavy (non-hydrogen) atoms. The SMILES string of the molecule is CCOC(=O)c1nc2ccccc2n([C@H]2C[C@H]3CCC[C@@H](C2)N3[C@H]2C[C@@H]3CC[C@@H](C)[C@@H](C3)C2)c1=O. The summed E-state index contributed by atoms with van der Waals surface area (Å²) in [6.45, 7) is 4.46. The van der Waals surface area contributed by atoms with Crippen LogP contribution in [0.4, 0.5) is 0 Å². The largest absolute Gasteiger partial charge is 0.461 e. The van der Waals surface area contributed by atoms with E-state index in [4.69, 9.17) is 4.74 Å². The highest BCUT2D eigenvalue weighted by Crippen LogP contribution is 2.49. The molecule has 6 nitrogen and oxygen atoms in total. The number of carbonyl (C=O) groups is 1. The molecule has 2 aromatic rings. The molecule has 6 heteroatoms. The monoisotopic (exact) mass is 477 g/mol. The van der Waals surface area contributed by atoms with Crippen molar-refractivity contribution in [2.24, 2.45) is 17.8 Å². The quantitative estimate of drug-likeness (QED) is 0.556. The van der Waals surface area contributed by atoms with Crippen LogP contribution in [0.15, 0.2) is 29.1 Å². The number of hydrogen-bond acceptors (Lipinski definition) is 5. The van der Waals surface area contributed by atoms with Gasteiger partial charge in [-0.25, -0.2) is 9.78 Å². The summed E-state index contributed by atoms with van der Waals surface area (Å²) in [4.78, 5) is 33.6. The lowest BCUT2D eigenvalue weighted by Crippen LogP contribution is -2.59. The topological polar surface area (TPSA) is 64.4 Å². The third-order valence-corrected chi connectivity index (χ3v) is 9.71. The van der Waals surface area contributed by atoms with Crippen LogP contribution < -0.4 is 5.56 Å². The predicted molar refractivity (Wildman–Crippen MR) is 137 cm³/mol. The number of ether oxygens (including phenoxy) is 1. The predicted octanol–water partition coefficient (Wildman–Crippen LogP) is 5.35. The molecule has 3 heterocycles. The van der Waals surface area contributed by atoms with Gasteiger partial charge in [-0.3, -0.25) is 9.69 Å². The van der Waals surface area contributed by atoms with Crippen molar-refractivity contribution in [1.29, 1.82) is 0 Å². The molecule has 7 atom stereocenters. The van der Waals surface area contributed by atoms with Crippen LogP contribution >= 0.6 is 0 Å². The molecular formula is C29H39N3O3. The molecule has 2 aliphatic heterocycles. The Bertz CT molecular complexity index is 1150. The van der Waals surface area contributed by atoms with E-state index in [1.54, 1.807) is 6.92 Å². The van der Waals surface area contributed by atoms with Crippen LogP contribution in [0.1, 0.15) is 94.6 Å². The third-order valence-electron chi connectivity index (χ3n) is 9.71. The number of piperidine rings is 2. The van der Waals surface area contributed by atoms with Gasteiger partial charge in [0.15, 0.2) is 0 Å². The molecule has 1 aromatic heterocycles. The minimum Gasteiger partial charge on any atom is -0.461 e. The first-order valence-corrected chi connectivity index (χ1v) is 14.0. The van der Waals surface area contributed by atoms with Crippen molar-refractivity contribution in [3.8, 4) is 0 Å². The fourth-order valence-electron chi connectivity index (χ4n) is 8.17. The molecule has 2 saturated heterocycles. The lowest BCUT2D eigenvalue weighted by Gasteiger charge is -2.56. The van der Waals surface area contributed by atoms with Gasteiger partial charge in [0.1, 0.15) is 0 Å². The van der Waals surface area contributed by atoms with E-state index in [1.807, 2.05) is 28.8 Å². The van der Waals surface area contributed by atoms with E-state index in [9.17, 15) is 9.59 Å². The van der Waals surface area contributed by atoms with Crippen LogP contribution in [-0.2, 0) is 4.74 Å². The Labute approximate surface area is 208 Å². The molecule has 4 bridgehead atoms. The first-order valence-electron chi connectivity index (χ1n) is 14.0. The first kappa shape index (κ1) is 23.2. The van der Waals surface area contributed by atoms with Crippen LogP contribution in [0, 0.1) is 17.8 Å². The van der Waals surface area contributed by atoms with E-state index in [1.165, 1.54) is 51.4 Å². The van der Waals surface area contributed by atoms with Crippen molar-refractivity contribution in [2.75, 3.05) is 6.61 Å². The summed E-state index contributed by atoms with van der Waals surface area (Å²) in [6.07, 6.45) is 12.7. The zero-order valence-electron chi connectivity index (χ0n) is 21.2. The highest BCUT2D eigenvalue weighted by Gasteiger charge is 2.46. The van der Waals surface area contributed by atoms with E-state index in [2.05, 4.69) is 16.8 Å². The van der Waals surface area contributed by atoms with Crippen molar-refractivity contribution in [1.82, 2.24) is 14.5 Å². The average Bonchev–Trinajstić information content (AvgIpc) is 2.85. The number of aromatic nitrogens is 2. The van der Waals surface area contributed by atoms with Gasteiger partial charge in [-0.05, 0) is 81.8 Å². The third kappa shape index (κ3) is 4.12. The Balaban J connectivity index is 1.33. The summed E-state index contributed by atoms with van der Waals surface area (Å²) in [7, 11) is 0. The van der Waals surface area contributed by atoms with Gasteiger partial charge >= 0.3 is 5.97 Å². The van der Waals surface area contributed by atoms with Gasteiger partial charge < -0.3 is 9.30 Å². The Kier molecular flexibility index (Phi) is 6.20. The Morgan fingerprint density at radius 2 is 1.74 bits per heavy atom. The van der Waals surface area contributed by atoms with Gasteiger partial charge in [-0.15, -0.1) is 0 Å². The normalized spacial score (nSPS) is 35.1. The van der Waals surface area contributed by atoms with Crippen molar-refractivity contribution >= 4 is 17.0 Å². The van der Waals surface area contributed by atoms with Crippen LogP contribution in [0.25, 0.3) is 11.0 Å². The molecule has 1 aromatic carbocycles. The second kappa shape index (κ2) is 9.34. The van der Waals surface area contributed by atoms with Gasteiger partial charge in [0.25, 0.3) is 5.56 Å². The number of hydrogen-bond donors (Lipinski definition) is 0. The second-order valence-corrected chi connectivity index (χ2v) is 11.7. The number of nitrogens with zero attached hydrogens (tertiary/aromatic N) is 3. The molecule has 4 fully saturated rings. The lowest BCUT2D eigenvalue weighted by atomic mass is 9.64. The zero-order valence-corrected chi connectivity index (χ0v) is 21.2. The Hall–Kier alpha value is -2.21. The molecule has 6 rings (SSSR count). The number of para-hydroxylation sites is 2. The molecule has 2 saturated carbocycles. The lowest BCUT2D eigenvalue weighted by molar-refractivity contribution is -0.0551. The van der Waals surface area contributed by atoms with Crippen LogP contribution in [0.3, 0.4) is 0 Å². The maximum absolute atomic E-state index is 13.7. The van der Waals surface area contributed by atoms with Crippen molar-refractivity contribution in [3.05, 3.63) is 40.3 Å². The molecule has 0 spiro atoms. The molecule has 0 amide bonds. The second-order valence-electron chi connectivity index (χ2n) is 11.7. The van der Waals surface area contributed by atoms with Crippen molar-refractivity contribution in [2.45, 2.75) is 102 Å². The fraction of sp³-hybridized carbons (Fsp3) is 0.690. The number of fused-ring (bicyclic) bond motifs is 5. The molecule has 0 N–H and O–H groups in total. The zero-order chi connectivity index (χ0) is 24.1. The van der Waals surface area contributed by atoms with Crippen LogP contribution in [0.2, 0.25) is 0 Å². The number of esters is 1. The van der Waals surface area contributed by atoms with E-state index in [-0.39, 0.29) is 23.9 Å². The minimum absolute atomic E-state index is 0.0766. The van der Waals surface area contributed by atoms with E-state index < -0.39 is 5.97 Å². The smallest absolute Gasteiger partial charge is 0.362 e. The number of rotatable bonds is 4. The van der Waals surface area contributed by atoms with Crippen molar-refractivity contribution < 1.29 is 9.53 Å². The van der Waals surface area contributed by atoms with E-state index in [0.29, 0.717) is 23.6 Å². The van der Waals surface area contributed by atoms with Gasteiger partial charge in [-0.2, -0.15) is 0 Å². The van der Waals surface area contributed by atoms with Gasteiger partial charge in [0, 0.05) is 24.2 Å². The average molecular weight is 478 g/mol. The molecule has 188 valence electrons. The Morgan fingerprint density at radius 1 is 0.971 bits per heavy atom. The van der Waals surface area contributed by atoms with Gasteiger partial charge in [-0.1, -0.05) is 38.3 Å². The summed E-state index contributed by atoms with van der Waals surface area (Å²) in [5.41, 5.74) is 1.16. The van der Waals surface area contributed by atoms with Crippen LogP contribution in [-0.4, -0.2) is 45.2 Å². The van der Waals surface area contributed by atoms with Crippen molar-refractivity contribution in [3.63, 3.8) is 0 Å². The number of benzene rings is 1. The van der Waals surface area contributed by atoms with E-state index in [0.717, 1.165) is 36.1 Å². The summed E-state index contributed by atoms with van der Waals surface area (Å²) in [5.74, 6) is 2.06. The van der Waals surface area contributed by atoms with E-state index >= 15 is 0 Å². The Morgan fingerprint density at radius 3 is 2.51 bits per heavy atom. The molecule has 4 aliphatic rings.